The average Bonchev–Trinajstić information content (AvgIpc) is 3.12. The van der Waals surface area contributed by atoms with Crippen LogP contribution >= 0.6 is 0 Å². The number of aryl methyl sites for hydroxylation is 1. The van der Waals surface area contributed by atoms with E-state index in [2.05, 4.69) is 17.1 Å². The minimum absolute atomic E-state index is 0.0877. The molecule has 0 radical (unpaired) electrons. The van der Waals surface area contributed by atoms with Crippen molar-refractivity contribution in [2.24, 2.45) is 0 Å². The Morgan fingerprint density at radius 2 is 2.04 bits per heavy atom. The topological polar surface area (TPSA) is 78.5 Å². The van der Waals surface area contributed by atoms with Gasteiger partial charge in [0.05, 0.1) is 18.9 Å². The van der Waals surface area contributed by atoms with E-state index < -0.39 is 6.04 Å². The van der Waals surface area contributed by atoms with Gasteiger partial charge in [0.25, 0.3) is 5.91 Å². The monoisotopic (exact) mass is 356 g/mol. The molecule has 1 aliphatic rings. The Hall–Kier alpha value is -2.83. The molecule has 7 heteroatoms. The summed E-state index contributed by atoms with van der Waals surface area (Å²) in [4.78, 5) is 29.1. The van der Waals surface area contributed by atoms with E-state index in [1.807, 2.05) is 24.3 Å². The molecule has 138 valence electrons. The summed E-state index contributed by atoms with van der Waals surface area (Å²) in [6.07, 6.45) is 3.23. The molecule has 26 heavy (non-hydrogen) atoms. The van der Waals surface area contributed by atoms with Crippen LogP contribution in [0.25, 0.3) is 0 Å². The fraction of sp³-hybridized carbons (Fsp3) is 0.421. The summed E-state index contributed by atoms with van der Waals surface area (Å²) >= 11 is 0. The van der Waals surface area contributed by atoms with Crippen LogP contribution in [0.3, 0.4) is 0 Å². The van der Waals surface area contributed by atoms with Gasteiger partial charge in [-0.1, -0.05) is 13.3 Å². The zero-order chi connectivity index (χ0) is 18.7. The number of piperazine rings is 1. The number of methoxy groups -OCH3 is 1. The number of hydrogen-bond donors (Lipinski definition) is 1. The number of ether oxygens (including phenoxy) is 1. The van der Waals surface area contributed by atoms with Crippen LogP contribution in [-0.4, -0.2) is 53.2 Å². The normalized spacial score (nSPS) is 17.5. The van der Waals surface area contributed by atoms with Crippen LogP contribution in [-0.2, 0) is 11.2 Å². The summed E-state index contributed by atoms with van der Waals surface area (Å²) in [5.41, 5.74) is 2.20. The number of nitrogens with one attached hydrogen (secondary N) is 1. The van der Waals surface area contributed by atoms with Gasteiger partial charge in [-0.05, 0) is 37.6 Å². The minimum Gasteiger partial charge on any atom is -0.497 e. The standard InChI is InChI=1S/C19H24N4O3/c1-4-5-17-16(12-20-21-17)19(25)22-10-11-23(18(24)13(22)2)14-6-8-15(26-3)9-7-14/h6-9,12-13H,4-5,10-11H2,1-3H3,(H,20,21)/t13-/m0/s1. The van der Waals surface area contributed by atoms with E-state index in [9.17, 15) is 9.59 Å². The smallest absolute Gasteiger partial charge is 0.258 e. The van der Waals surface area contributed by atoms with Crippen LogP contribution in [0.5, 0.6) is 5.75 Å². The van der Waals surface area contributed by atoms with Crippen molar-refractivity contribution in [3.63, 3.8) is 0 Å². The summed E-state index contributed by atoms with van der Waals surface area (Å²) in [5.74, 6) is 0.513. The maximum Gasteiger partial charge on any atom is 0.258 e. The number of amides is 2. The fourth-order valence-corrected chi connectivity index (χ4v) is 3.26. The van der Waals surface area contributed by atoms with Gasteiger partial charge in [0.15, 0.2) is 0 Å². The van der Waals surface area contributed by atoms with Gasteiger partial charge in [-0.3, -0.25) is 14.7 Å². The lowest BCUT2D eigenvalue weighted by Crippen LogP contribution is -2.57. The second-order valence-corrected chi connectivity index (χ2v) is 6.37. The van der Waals surface area contributed by atoms with Crippen molar-refractivity contribution in [3.05, 3.63) is 41.7 Å². The van der Waals surface area contributed by atoms with Crippen molar-refractivity contribution < 1.29 is 14.3 Å². The molecule has 0 spiro atoms. The Kier molecular flexibility index (Phi) is 5.25. The molecule has 0 bridgehead atoms. The summed E-state index contributed by atoms with van der Waals surface area (Å²) in [7, 11) is 1.61. The lowest BCUT2D eigenvalue weighted by atomic mass is 10.1. The van der Waals surface area contributed by atoms with Crippen LogP contribution in [0.15, 0.2) is 30.5 Å². The van der Waals surface area contributed by atoms with E-state index in [0.29, 0.717) is 18.7 Å². The average molecular weight is 356 g/mol. The fourth-order valence-electron chi connectivity index (χ4n) is 3.26. The molecule has 1 aliphatic heterocycles. The van der Waals surface area contributed by atoms with Crippen molar-refractivity contribution in [1.82, 2.24) is 15.1 Å². The molecule has 0 saturated carbocycles. The number of benzene rings is 1. The molecule has 2 amide bonds. The third-order valence-corrected chi connectivity index (χ3v) is 4.75. The molecule has 3 rings (SSSR count). The van der Waals surface area contributed by atoms with E-state index in [4.69, 9.17) is 4.74 Å². The second kappa shape index (κ2) is 7.59. The zero-order valence-corrected chi connectivity index (χ0v) is 15.4. The predicted octanol–water partition coefficient (Wildman–Crippen LogP) is 2.25. The number of hydrogen-bond acceptors (Lipinski definition) is 4. The van der Waals surface area contributed by atoms with Gasteiger partial charge < -0.3 is 14.5 Å². The maximum absolute atomic E-state index is 12.9. The largest absolute Gasteiger partial charge is 0.497 e. The van der Waals surface area contributed by atoms with E-state index in [1.165, 1.54) is 0 Å². The highest BCUT2D eigenvalue weighted by molar-refractivity contribution is 6.03. The van der Waals surface area contributed by atoms with Gasteiger partial charge in [-0.15, -0.1) is 0 Å². The Bertz CT molecular complexity index is 784. The van der Waals surface area contributed by atoms with Crippen molar-refractivity contribution in [3.8, 4) is 5.75 Å². The van der Waals surface area contributed by atoms with Gasteiger partial charge >= 0.3 is 0 Å². The summed E-state index contributed by atoms with van der Waals surface area (Å²) < 4.78 is 5.16. The van der Waals surface area contributed by atoms with Gasteiger partial charge in [-0.25, -0.2) is 0 Å². The quantitative estimate of drug-likeness (QED) is 0.891. The highest BCUT2D eigenvalue weighted by Crippen LogP contribution is 2.24. The number of nitrogens with zero attached hydrogens (tertiary/aromatic N) is 3. The molecule has 1 aromatic carbocycles. The SMILES string of the molecule is CCCc1[nH]ncc1C(=O)N1CCN(c2ccc(OC)cc2)C(=O)[C@@H]1C. The number of H-pyrrole nitrogens is 1. The van der Waals surface area contributed by atoms with Crippen LogP contribution in [0.2, 0.25) is 0 Å². The van der Waals surface area contributed by atoms with Crippen molar-refractivity contribution in [2.75, 3.05) is 25.1 Å². The first kappa shape index (κ1) is 18.0. The number of carbonyl (C=O) groups excluding carboxylic acids is 2. The van der Waals surface area contributed by atoms with Crippen molar-refractivity contribution >= 4 is 17.5 Å². The molecule has 1 fully saturated rings. The molecular weight excluding hydrogens is 332 g/mol. The highest BCUT2D eigenvalue weighted by atomic mass is 16.5. The Morgan fingerprint density at radius 1 is 1.31 bits per heavy atom. The molecule has 1 atom stereocenters. The van der Waals surface area contributed by atoms with E-state index in [1.54, 1.807) is 30.0 Å². The van der Waals surface area contributed by atoms with E-state index in [0.717, 1.165) is 30.0 Å². The highest BCUT2D eigenvalue weighted by Gasteiger charge is 2.36. The molecule has 2 aromatic rings. The van der Waals surface area contributed by atoms with E-state index >= 15 is 0 Å². The first-order chi connectivity index (χ1) is 12.6. The third-order valence-electron chi connectivity index (χ3n) is 4.75. The molecule has 0 aliphatic carbocycles. The lowest BCUT2D eigenvalue weighted by Gasteiger charge is -2.39. The summed E-state index contributed by atoms with van der Waals surface area (Å²) in [6, 6.07) is 6.84. The molecule has 1 saturated heterocycles. The second-order valence-electron chi connectivity index (χ2n) is 6.37. The molecule has 0 unspecified atom stereocenters. The van der Waals surface area contributed by atoms with Crippen LogP contribution < -0.4 is 9.64 Å². The Labute approximate surface area is 152 Å². The van der Waals surface area contributed by atoms with Crippen molar-refractivity contribution in [2.45, 2.75) is 32.7 Å². The predicted molar refractivity (Wildman–Crippen MR) is 98.4 cm³/mol. The zero-order valence-electron chi connectivity index (χ0n) is 15.4. The Morgan fingerprint density at radius 3 is 2.69 bits per heavy atom. The number of rotatable bonds is 5. The van der Waals surface area contributed by atoms with Gasteiger partial charge in [-0.2, -0.15) is 5.10 Å². The number of anilines is 1. The van der Waals surface area contributed by atoms with Gasteiger partial charge in [0.1, 0.15) is 11.8 Å². The first-order valence-corrected chi connectivity index (χ1v) is 8.85. The van der Waals surface area contributed by atoms with Crippen LogP contribution in [0.4, 0.5) is 5.69 Å². The molecule has 1 aromatic heterocycles. The third kappa shape index (κ3) is 3.29. The van der Waals surface area contributed by atoms with E-state index in [-0.39, 0.29) is 11.8 Å². The molecule has 2 heterocycles. The van der Waals surface area contributed by atoms with Gasteiger partial charge in [0, 0.05) is 24.5 Å². The van der Waals surface area contributed by atoms with Crippen LogP contribution in [0, 0.1) is 0 Å². The maximum atomic E-state index is 12.9. The van der Waals surface area contributed by atoms with Crippen LogP contribution in [0.1, 0.15) is 36.3 Å². The number of aromatic nitrogens is 2. The van der Waals surface area contributed by atoms with Crippen molar-refractivity contribution in [1.29, 1.82) is 0 Å². The number of aromatic amines is 1. The lowest BCUT2D eigenvalue weighted by molar-refractivity contribution is -0.124. The van der Waals surface area contributed by atoms with Gasteiger partial charge in [0.2, 0.25) is 5.91 Å². The molecule has 1 N–H and O–H groups in total. The summed E-state index contributed by atoms with van der Waals surface area (Å²) in [6.45, 7) is 4.76. The summed E-state index contributed by atoms with van der Waals surface area (Å²) in [5, 5.41) is 6.89. The minimum atomic E-state index is -0.525. The molecule has 7 nitrogen and oxygen atoms in total. The number of carbonyl (C=O) groups is 2. The molecular formula is C19H24N4O3. The Balaban J connectivity index is 1.76. The first-order valence-electron chi connectivity index (χ1n) is 8.85.